The number of carbonyl (C=O) groups is 1. The summed E-state index contributed by atoms with van der Waals surface area (Å²) >= 11 is 1.47. The number of nitrogens with two attached hydrogens (primary N) is 1. The van der Waals surface area contributed by atoms with Gasteiger partial charge in [0, 0.05) is 17.4 Å². The van der Waals surface area contributed by atoms with Crippen molar-refractivity contribution < 1.29 is 27.3 Å². The molecule has 0 aliphatic carbocycles. The molecule has 0 radical (unpaired) electrons. The maximum Gasteiger partial charge on any atom is 0.312 e. The van der Waals surface area contributed by atoms with Gasteiger partial charge in [-0.1, -0.05) is 6.07 Å². The molecule has 13 heteroatoms. The first-order valence-corrected chi connectivity index (χ1v) is 11.6. The number of hydrogen-bond acceptors (Lipinski definition) is 9. The van der Waals surface area contributed by atoms with Crippen LogP contribution in [0.5, 0.6) is 5.75 Å². The Balaban J connectivity index is 1.56. The molecule has 2 aromatic heterocycles. The Kier molecular flexibility index (Phi) is 5.78. The van der Waals surface area contributed by atoms with Gasteiger partial charge in [-0.2, -0.15) is 5.10 Å². The van der Waals surface area contributed by atoms with Crippen molar-refractivity contribution in [3.63, 3.8) is 0 Å². The molecule has 1 amide bonds. The molecule has 0 bridgehead atoms. The third kappa shape index (κ3) is 4.39. The second-order valence-corrected chi connectivity index (χ2v) is 9.26. The molecule has 1 unspecified atom stereocenters. The summed E-state index contributed by atoms with van der Waals surface area (Å²) in [5.41, 5.74) is -0.0365. The minimum absolute atomic E-state index is 0.266. The number of hydrogen-bond donors (Lipinski definition) is 1. The summed E-state index contributed by atoms with van der Waals surface area (Å²) in [6.07, 6.45) is 1.94. The van der Waals surface area contributed by atoms with Crippen LogP contribution in [0.15, 0.2) is 68.5 Å². The Morgan fingerprint density at radius 1 is 1.34 bits per heavy atom. The van der Waals surface area contributed by atoms with Gasteiger partial charge in [-0.25, -0.2) is 18.6 Å². The molecule has 0 fully saturated rings. The fourth-order valence-electron chi connectivity index (χ4n) is 3.18. The van der Waals surface area contributed by atoms with E-state index in [0.717, 1.165) is 23.1 Å². The summed E-state index contributed by atoms with van der Waals surface area (Å²) < 4.78 is 33.7. The molecule has 1 aromatic carbocycles. The topological polar surface area (TPSA) is 158 Å². The van der Waals surface area contributed by atoms with E-state index in [1.165, 1.54) is 22.6 Å². The molecule has 1 aliphatic heterocycles. The Labute approximate surface area is 185 Å². The van der Waals surface area contributed by atoms with Crippen LogP contribution in [-0.2, 0) is 14.8 Å². The number of nitrogens with zero attached hydrogens (tertiary/aromatic N) is 3. The molecule has 11 nitrogen and oxygen atoms in total. The van der Waals surface area contributed by atoms with Crippen molar-refractivity contribution in [2.45, 2.75) is 17.4 Å². The Morgan fingerprint density at radius 3 is 2.78 bits per heavy atom. The zero-order valence-electron chi connectivity index (χ0n) is 16.3. The van der Waals surface area contributed by atoms with Gasteiger partial charge < -0.3 is 9.15 Å². The van der Waals surface area contributed by atoms with Crippen LogP contribution in [0.3, 0.4) is 0 Å². The van der Waals surface area contributed by atoms with Crippen LogP contribution in [0.1, 0.15) is 23.1 Å². The Bertz CT molecular complexity index is 1290. The standard InChI is InChI=1S/C19H16N4O7S2/c20-32(27,28)12-5-6-17(14(9-12)23(25)26)30-11-19(24)22-15(18-4-2-8-31-18)10-13(21-22)16-3-1-7-29-16/h1-9,15H,10-11H2,(H2,20,27,28). The van der Waals surface area contributed by atoms with E-state index in [-0.39, 0.29) is 11.8 Å². The predicted molar refractivity (Wildman–Crippen MR) is 114 cm³/mol. The fraction of sp³-hybridized carbons (Fsp3) is 0.158. The number of benzene rings is 1. The Hall–Kier alpha value is -3.55. The van der Waals surface area contributed by atoms with Crippen molar-refractivity contribution in [1.82, 2.24) is 5.01 Å². The van der Waals surface area contributed by atoms with Crippen LogP contribution in [0.4, 0.5) is 5.69 Å². The van der Waals surface area contributed by atoms with Crippen LogP contribution >= 0.6 is 11.3 Å². The van der Waals surface area contributed by atoms with Gasteiger partial charge in [-0.3, -0.25) is 14.9 Å². The normalized spacial score (nSPS) is 16.1. The maximum atomic E-state index is 12.9. The van der Waals surface area contributed by atoms with E-state index >= 15 is 0 Å². The maximum absolute atomic E-state index is 12.9. The van der Waals surface area contributed by atoms with Crippen molar-refractivity contribution in [2.24, 2.45) is 10.2 Å². The number of furan rings is 1. The smallest absolute Gasteiger partial charge is 0.312 e. The molecule has 3 heterocycles. The summed E-state index contributed by atoms with van der Waals surface area (Å²) in [4.78, 5) is 23.9. The highest BCUT2D eigenvalue weighted by molar-refractivity contribution is 7.89. The molecule has 0 saturated carbocycles. The number of nitro benzene ring substituents is 1. The average Bonchev–Trinajstić information content (AvgIpc) is 3.51. The number of thiophene rings is 1. The van der Waals surface area contributed by atoms with E-state index in [9.17, 15) is 23.3 Å². The van der Waals surface area contributed by atoms with Crippen LogP contribution in [0.2, 0.25) is 0 Å². The molecule has 0 saturated heterocycles. The molecule has 32 heavy (non-hydrogen) atoms. The van der Waals surface area contributed by atoms with E-state index in [2.05, 4.69) is 5.10 Å². The third-order valence-electron chi connectivity index (χ3n) is 4.65. The minimum Gasteiger partial charge on any atom is -0.477 e. The summed E-state index contributed by atoms with van der Waals surface area (Å²) in [5, 5.41) is 23.9. The second kappa shape index (κ2) is 8.53. The molecular formula is C19H16N4O7S2. The highest BCUT2D eigenvalue weighted by Gasteiger charge is 2.35. The lowest BCUT2D eigenvalue weighted by Crippen LogP contribution is -2.31. The fourth-order valence-corrected chi connectivity index (χ4v) is 4.52. The molecule has 166 valence electrons. The molecule has 4 rings (SSSR count). The molecule has 2 N–H and O–H groups in total. The van der Waals surface area contributed by atoms with E-state index in [0.29, 0.717) is 17.9 Å². The lowest BCUT2D eigenvalue weighted by Gasteiger charge is -2.20. The van der Waals surface area contributed by atoms with Gasteiger partial charge in [0.15, 0.2) is 12.4 Å². The largest absolute Gasteiger partial charge is 0.477 e. The minimum atomic E-state index is -4.14. The summed E-state index contributed by atoms with van der Waals surface area (Å²) in [6.45, 7) is -0.549. The highest BCUT2D eigenvalue weighted by Crippen LogP contribution is 2.35. The van der Waals surface area contributed by atoms with Gasteiger partial charge in [-0.15, -0.1) is 11.3 Å². The number of rotatable bonds is 7. The van der Waals surface area contributed by atoms with Crippen molar-refractivity contribution in [3.8, 4) is 5.75 Å². The van der Waals surface area contributed by atoms with Crippen molar-refractivity contribution >= 4 is 38.7 Å². The lowest BCUT2D eigenvalue weighted by atomic mass is 10.1. The van der Waals surface area contributed by atoms with Crippen LogP contribution < -0.4 is 9.88 Å². The second-order valence-electron chi connectivity index (χ2n) is 6.72. The van der Waals surface area contributed by atoms with Gasteiger partial charge in [-0.05, 0) is 35.7 Å². The van der Waals surface area contributed by atoms with E-state index in [1.807, 2.05) is 17.5 Å². The van der Waals surface area contributed by atoms with Crippen molar-refractivity contribution in [2.75, 3.05) is 6.61 Å². The van der Waals surface area contributed by atoms with Gasteiger partial charge in [0.25, 0.3) is 5.91 Å². The van der Waals surface area contributed by atoms with E-state index < -0.39 is 38.0 Å². The van der Waals surface area contributed by atoms with Gasteiger partial charge >= 0.3 is 5.69 Å². The summed E-state index contributed by atoms with van der Waals surface area (Å²) in [5.74, 6) is -0.260. The molecule has 0 spiro atoms. The number of ether oxygens (including phenoxy) is 1. The predicted octanol–water partition coefficient (Wildman–Crippen LogP) is 2.65. The van der Waals surface area contributed by atoms with Gasteiger partial charge in [0.2, 0.25) is 10.0 Å². The Morgan fingerprint density at radius 2 is 2.16 bits per heavy atom. The van der Waals surface area contributed by atoms with E-state index in [4.69, 9.17) is 14.3 Å². The van der Waals surface area contributed by atoms with Crippen LogP contribution in [0, 0.1) is 10.1 Å². The lowest BCUT2D eigenvalue weighted by molar-refractivity contribution is -0.386. The molecule has 3 aromatic rings. The highest BCUT2D eigenvalue weighted by atomic mass is 32.2. The SMILES string of the molecule is NS(=O)(=O)c1ccc(OCC(=O)N2N=C(c3ccco3)CC2c2cccs2)c([N+](=O)[O-])c1. The van der Waals surface area contributed by atoms with Gasteiger partial charge in [0.05, 0.1) is 22.1 Å². The number of amides is 1. The summed E-state index contributed by atoms with van der Waals surface area (Å²) in [7, 11) is -4.14. The van der Waals surface area contributed by atoms with Gasteiger partial charge in [0.1, 0.15) is 11.5 Å². The first kappa shape index (κ1) is 21.7. The number of hydrazone groups is 1. The van der Waals surface area contributed by atoms with E-state index in [1.54, 1.807) is 12.1 Å². The van der Waals surface area contributed by atoms with Crippen molar-refractivity contribution in [1.29, 1.82) is 0 Å². The monoisotopic (exact) mass is 476 g/mol. The van der Waals surface area contributed by atoms with Crippen molar-refractivity contribution in [3.05, 3.63) is 74.9 Å². The zero-order chi connectivity index (χ0) is 22.9. The first-order valence-electron chi connectivity index (χ1n) is 9.15. The zero-order valence-corrected chi connectivity index (χ0v) is 17.9. The number of carbonyl (C=O) groups excluding carboxylic acids is 1. The number of sulfonamides is 1. The third-order valence-corrected chi connectivity index (χ3v) is 6.53. The van der Waals surface area contributed by atoms with Crippen LogP contribution in [0.25, 0.3) is 0 Å². The molecule has 1 aliphatic rings. The first-order chi connectivity index (χ1) is 15.2. The van der Waals surface area contributed by atoms with Crippen LogP contribution in [-0.4, -0.2) is 36.6 Å². The average molecular weight is 476 g/mol. The molecular weight excluding hydrogens is 460 g/mol. The summed E-state index contributed by atoms with van der Waals surface area (Å²) in [6, 6.07) is 9.77. The molecule has 1 atom stereocenters. The quantitative estimate of drug-likeness (QED) is 0.405. The number of nitro groups is 1. The number of primary sulfonamides is 1.